The van der Waals surface area contributed by atoms with Crippen molar-refractivity contribution >= 4 is 40.0 Å². The molecule has 6 aromatic rings. The minimum Gasteiger partial charge on any atom is -0.397 e. The predicted octanol–water partition coefficient (Wildman–Crippen LogP) is 11.9. The van der Waals surface area contributed by atoms with E-state index >= 15 is 0 Å². The van der Waals surface area contributed by atoms with Crippen LogP contribution in [0.15, 0.2) is 141 Å². The van der Waals surface area contributed by atoms with Crippen LogP contribution in [-0.4, -0.2) is 0 Å². The molecule has 0 saturated carbocycles. The van der Waals surface area contributed by atoms with Gasteiger partial charge in [-0.05, 0) is 79.5 Å². The molecule has 2 nitrogen and oxygen atoms in total. The molecule has 0 atom stereocenters. The van der Waals surface area contributed by atoms with Crippen molar-refractivity contribution in [3.05, 3.63) is 152 Å². The molecule has 3 N–H and O–H groups in total. The van der Waals surface area contributed by atoms with Gasteiger partial charge in [-0.2, -0.15) is 0 Å². The molecule has 0 bridgehead atoms. The molecule has 0 amide bonds. The summed E-state index contributed by atoms with van der Waals surface area (Å²) in [4.78, 5) is 0. The fourth-order valence-electron chi connectivity index (χ4n) is 5.47. The van der Waals surface area contributed by atoms with Crippen LogP contribution in [0.1, 0.15) is 31.4 Å². The fraction of sp³-hybridized carbons (Fsp3) is 0.0732. The first-order valence-electron chi connectivity index (χ1n) is 14.8. The van der Waals surface area contributed by atoms with Crippen LogP contribution in [0.2, 0.25) is 0 Å². The Morgan fingerprint density at radius 3 is 1.47 bits per heavy atom. The van der Waals surface area contributed by atoms with E-state index in [1.807, 2.05) is 42.5 Å². The maximum absolute atomic E-state index is 6.14. The van der Waals surface area contributed by atoms with Crippen LogP contribution in [0.4, 0.5) is 17.1 Å². The first kappa shape index (κ1) is 29.2. The average molecular weight is 559 g/mol. The summed E-state index contributed by atoms with van der Waals surface area (Å²) in [7, 11) is 0. The first-order valence-corrected chi connectivity index (χ1v) is 14.8. The third-order valence-corrected chi connectivity index (χ3v) is 7.40. The highest BCUT2D eigenvalue weighted by molar-refractivity contribution is 6.11. The lowest BCUT2D eigenvalue weighted by Crippen LogP contribution is -1.97. The van der Waals surface area contributed by atoms with E-state index in [0.29, 0.717) is 0 Å². The minimum atomic E-state index is 0.717. The molecule has 0 spiro atoms. The fourth-order valence-corrected chi connectivity index (χ4v) is 5.47. The van der Waals surface area contributed by atoms with E-state index in [9.17, 15) is 0 Å². The van der Waals surface area contributed by atoms with Crippen molar-refractivity contribution < 1.29 is 0 Å². The summed E-state index contributed by atoms with van der Waals surface area (Å²) in [6, 6.07) is 44.1. The van der Waals surface area contributed by atoms with Crippen molar-refractivity contribution in [2.45, 2.75) is 20.3 Å². The van der Waals surface area contributed by atoms with Gasteiger partial charge in [0.25, 0.3) is 0 Å². The Labute approximate surface area is 255 Å². The number of para-hydroxylation sites is 2. The molecule has 0 aliphatic heterocycles. The van der Waals surface area contributed by atoms with Gasteiger partial charge in [0, 0.05) is 5.69 Å². The van der Waals surface area contributed by atoms with Crippen LogP contribution < -0.4 is 11.1 Å². The highest BCUT2D eigenvalue weighted by Crippen LogP contribution is 2.43. The molecular formula is C41H38N2. The normalized spacial score (nSPS) is 10.5. The van der Waals surface area contributed by atoms with Crippen molar-refractivity contribution in [1.29, 1.82) is 0 Å². The van der Waals surface area contributed by atoms with Crippen LogP contribution in [0.3, 0.4) is 0 Å². The van der Waals surface area contributed by atoms with E-state index in [-0.39, 0.29) is 0 Å². The van der Waals surface area contributed by atoms with Crippen molar-refractivity contribution in [3.8, 4) is 33.4 Å². The summed E-state index contributed by atoms with van der Waals surface area (Å²) in [6.45, 7) is 12.7. The van der Waals surface area contributed by atoms with Gasteiger partial charge in [-0.15, -0.1) is 0 Å². The molecule has 0 aliphatic carbocycles. The lowest BCUT2D eigenvalue weighted by atomic mass is 9.83. The Kier molecular flexibility index (Phi) is 9.19. The number of fused-ring (bicyclic) bond motifs is 1. The van der Waals surface area contributed by atoms with Crippen molar-refractivity contribution in [1.82, 2.24) is 0 Å². The molecule has 212 valence electrons. The number of anilines is 3. The quantitative estimate of drug-likeness (QED) is 0.191. The van der Waals surface area contributed by atoms with Gasteiger partial charge in [0.1, 0.15) is 0 Å². The van der Waals surface area contributed by atoms with Gasteiger partial charge in [0.2, 0.25) is 0 Å². The smallest absolute Gasteiger partial charge is 0.0617 e. The molecule has 0 heterocycles. The van der Waals surface area contributed by atoms with Gasteiger partial charge in [-0.3, -0.25) is 0 Å². The summed E-state index contributed by atoms with van der Waals surface area (Å²) in [5.41, 5.74) is 17.9. The van der Waals surface area contributed by atoms with Crippen LogP contribution in [0.5, 0.6) is 0 Å². The topological polar surface area (TPSA) is 38.0 Å². The SMILES string of the molecule is C=Cc1c(C=C)c(-c2ccc(-c3ccccc3)cc2)c2ccccc2c1-c1ccc(Nc2ccccc2N)cc1.CCC. The van der Waals surface area contributed by atoms with Gasteiger partial charge in [-0.1, -0.05) is 149 Å². The zero-order valence-electron chi connectivity index (χ0n) is 25.0. The maximum atomic E-state index is 6.14. The molecule has 6 rings (SSSR count). The zero-order valence-corrected chi connectivity index (χ0v) is 25.0. The van der Waals surface area contributed by atoms with Crippen molar-refractivity contribution in [3.63, 3.8) is 0 Å². The molecule has 0 saturated heterocycles. The molecular weight excluding hydrogens is 520 g/mol. The number of rotatable bonds is 7. The monoisotopic (exact) mass is 558 g/mol. The Morgan fingerprint density at radius 2 is 0.953 bits per heavy atom. The Balaban J connectivity index is 0.00000118. The third kappa shape index (κ3) is 6.14. The van der Waals surface area contributed by atoms with Crippen LogP contribution in [0, 0.1) is 0 Å². The molecule has 43 heavy (non-hydrogen) atoms. The number of benzene rings is 6. The molecule has 0 fully saturated rings. The number of nitrogens with two attached hydrogens (primary N) is 1. The van der Waals surface area contributed by atoms with E-state index in [0.717, 1.165) is 44.9 Å². The number of hydrogen-bond acceptors (Lipinski definition) is 2. The van der Waals surface area contributed by atoms with Crippen molar-refractivity contribution in [2.75, 3.05) is 11.1 Å². The first-order chi connectivity index (χ1) is 21.1. The van der Waals surface area contributed by atoms with E-state index < -0.39 is 0 Å². The largest absolute Gasteiger partial charge is 0.397 e. The highest BCUT2D eigenvalue weighted by Gasteiger charge is 2.18. The summed E-state index contributed by atoms with van der Waals surface area (Å²) >= 11 is 0. The van der Waals surface area contributed by atoms with Crippen LogP contribution in [0.25, 0.3) is 56.3 Å². The molecule has 0 aromatic heterocycles. The highest BCUT2D eigenvalue weighted by atomic mass is 14.9. The molecule has 0 aliphatic rings. The van der Waals surface area contributed by atoms with Crippen molar-refractivity contribution in [2.24, 2.45) is 0 Å². The predicted molar refractivity (Wildman–Crippen MR) is 191 cm³/mol. The molecule has 0 radical (unpaired) electrons. The van der Waals surface area contributed by atoms with E-state index in [2.05, 4.69) is 129 Å². The van der Waals surface area contributed by atoms with Crippen LogP contribution >= 0.6 is 0 Å². The number of nitrogens with one attached hydrogen (secondary N) is 1. The zero-order chi connectivity index (χ0) is 30.2. The average Bonchev–Trinajstić information content (AvgIpc) is 3.06. The summed E-state index contributed by atoms with van der Waals surface area (Å²) in [6.07, 6.45) is 5.17. The molecule has 0 unspecified atom stereocenters. The second-order valence-electron chi connectivity index (χ2n) is 10.5. The van der Waals surface area contributed by atoms with Gasteiger partial charge < -0.3 is 11.1 Å². The number of hydrogen-bond donors (Lipinski definition) is 2. The Hall–Kier alpha value is -5.34. The van der Waals surface area contributed by atoms with E-state index in [1.165, 1.54) is 33.9 Å². The lowest BCUT2D eigenvalue weighted by Gasteiger charge is -2.20. The van der Waals surface area contributed by atoms with Gasteiger partial charge in [0.15, 0.2) is 0 Å². The minimum absolute atomic E-state index is 0.717. The maximum Gasteiger partial charge on any atom is 0.0617 e. The second kappa shape index (κ2) is 13.5. The number of nitrogen functional groups attached to an aromatic ring is 1. The molecule has 2 heteroatoms. The third-order valence-electron chi connectivity index (χ3n) is 7.40. The van der Waals surface area contributed by atoms with E-state index in [4.69, 9.17) is 5.73 Å². The van der Waals surface area contributed by atoms with Gasteiger partial charge >= 0.3 is 0 Å². The lowest BCUT2D eigenvalue weighted by molar-refractivity contribution is 1.09. The second-order valence-corrected chi connectivity index (χ2v) is 10.5. The van der Waals surface area contributed by atoms with Gasteiger partial charge in [0.05, 0.1) is 11.4 Å². The Bertz CT molecular complexity index is 1850. The van der Waals surface area contributed by atoms with E-state index in [1.54, 1.807) is 0 Å². The summed E-state index contributed by atoms with van der Waals surface area (Å²) < 4.78 is 0. The standard InChI is InChI=1S/C38H30N2.C3H8/c1-3-31-32(4-2)38(29-22-24-30(25-23-29)40-36-17-11-10-16-35(36)39)34-15-9-8-14-33(34)37(31)28-20-18-27(19-21-28)26-12-6-5-7-13-26;1-3-2/h3-25,40H,1-2,39H2;3H2,1-2H3. The summed E-state index contributed by atoms with van der Waals surface area (Å²) in [5.74, 6) is 0. The Morgan fingerprint density at radius 1 is 0.535 bits per heavy atom. The van der Waals surface area contributed by atoms with Crippen LogP contribution in [-0.2, 0) is 0 Å². The van der Waals surface area contributed by atoms with Gasteiger partial charge in [-0.25, -0.2) is 0 Å². The molecule has 6 aromatic carbocycles. The summed E-state index contributed by atoms with van der Waals surface area (Å²) in [5, 5.41) is 5.79.